The number of nitrogens with zero attached hydrogens (tertiary/aromatic N) is 1. The predicted octanol–water partition coefficient (Wildman–Crippen LogP) is 4.89. The van der Waals surface area contributed by atoms with Crippen molar-refractivity contribution in [2.45, 2.75) is 99.0 Å². The quantitative estimate of drug-likeness (QED) is 0.571. The van der Waals surface area contributed by atoms with Gasteiger partial charge in [0.2, 0.25) is 11.8 Å². The lowest BCUT2D eigenvalue weighted by Crippen LogP contribution is -2.61. The van der Waals surface area contributed by atoms with Crippen LogP contribution in [0.3, 0.4) is 0 Å². The number of piperidine rings is 1. The van der Waals surface area contributed by atoms with Crippen molar-refractivity contribution in [3.8, 4) is 0 Å². The Bertz CT molecular complexity index is 808. The van der Waals surface area contributed by atoms with E-state index in [1.54, 1.807) is 0 Å². The summed E-state index contributed by atoms with van der Waals surface area (Å²) in [5.74, 6) is 2.47. The summed E-state index contributed by atoms with van der Waals surface area (Å²) in [6, 6.07) is 0.336. The molecule has 33 heavy (non-hydrogen) atoms. The molecular weight excluding hydrogens is 430 g/mol. The summed E-state index contributed by atoms with van der Waals surface area (Å²) in [4.78, 5) is 28.0. The van der Waals surface area contributed by atoms with E-state index in [4.69, 9.17) is 12.2 Å². The third kappa shape index (κ3) is 4.34. The van der Waals surface area contributed by atoms with Crippen LogP contribution in [-0.4, -0.2) is 41.0 Å². The van der Waals surface area contributed by atoms with Crippen LogP contribution in [0.1, 0.15) is 92.9 Å². The highest BCUT2D eigenvalue weighted by molar-refractivity contribution is 7.80. The number of amides is 2. The van der Waals surface area contributed by atoms with Gasteiger partial charge in [0.05, 0.1) is 0 Å². The standard InChI is InChI=1S/C27H45N3O2S/c1-7-28-24(33)30(16-25(2,3)4)23(32)20-10-9-18-17-8-11-21-27(6,15-13-22(31)29-21)19(17)12-14-26(18,20)5/h17-21H,7-16H2,1-6H3,(H,28,33)(H,29,31)/t17-,18-,19-,20+,21+,26-,27+/m0/s1. The summed E-state index contributed by atoms with van der Waals surface area (Å²) >= 11 is 5.68. The largest absolute Gasteiger partial charge is 0.362 e. The van der Waals surface area contributed by atoms with Gasteiger partial charge >= 0.3 is 0 Å². The van der Waals surface area contributed by atoms with Crippen LogP contribution in [0, 0.1) is 39.9 Å². The van der Waals surface area contributed by atoms with Crippen LogP contribution >= 0.6 is 12.2 Å². The van der Waals surface area contributed by atoms with E-state index in [-0.39, 0.29) is 34.0 Å². The number of nitrogens with one attached hydrogen (secondary N) is 2. The zero-order valence-electron chi connectivity index (χ0n) is 21.6. The second-order valence-corrected chi connectivity index (χ2v) is 13.5. The first-order valence-electron chi connectivity index (χ1n) is 13.3. The summed E-state index contributed by atoms with van der Waals surface area (Å²) in [6.07, 6.45) is 8.40. The molecule has 1 heterocycles. The molecule has 5 nitrogen and oxygen atoms in total. The van der Waals surface area contributed by atoms with Crippen LogP contribution in [0.5, 0.6) is 0 Å². The highest BCUT2D eigenvalue weighted by Gasteiger charge is 2.61. The SMILES string of the molecule is CCNC(=S)N(CC(C)(C)C)C(=O)[C@H]1CC[C@H]2[C@@H]3CC[C@H]4NC(=O)CC[C@]4(C)[C@H]3CC[C@]12C. The predicted molar refractivity (Wildman–Crippen MR) is 136 cm³/mol. The third-order valence-corrected chi connectivity index (χ3v) is 10.2. The van der Waals surface area contributed by atoms with Crippen molar-refractivity contribution in [1.82, 2.24) is 15.5 Å². The molecule has 7 atom stereocenters. The molecular formula is C27H45N3O2S. The van der Waals surface area contributed by atoms with E-state index in [1.165, 1.54) is 12.8 Å². The normalized spacial score (nSPS) is 40.2. The molecule has 3 saturated carbocycles. The van der Waals surface area contributed by atoms with Gasteiger partial charge in [0, 0.05) is 31.5 Å². The number of rotatable bonds is 3. The van der Waals surface area contributed by atoms with Gasteiger partial charge in [-0.25, -0.2) is 0 Å². The maximum atomic E-state index is 14.0. The molecule has 4 aliphatic rings. The molecule has 0 aromatic carbocycles. The highest BCUT2D eigenvalue weighted by atomic mass is 32.1. The Kier molecular flexibility index (Phi) is 6.65. The fourth-order valence-electron chi connectivity index (χ4n) is 8.27. The maximum Gasteiger partial charge on any atom is 0.232 e. The van der Waals surface area contributed by atoms with Crippen LogP contribution in [0.2, 0.25) is 0 Å². The summed E-state index contributed by atoms with van der Waals surface area (Å²) < 4.78 is 0. The molecule has 0 aromatic heterocycles. The second kappa shape index (κ2) is 8.80. The van der Waals surface area contributed by atoms with E-state index < -0.39 is 0 Å². The van der Waals surface area contributed by atoms with Crippen molar-refractivity contribution >= 4 is 29.1 Å². The molecule has 0 aromatic rings. The Morgan fingerprint density at radius 3 is 2.45 bits per heavy atom. The van der Waals surface area contributed by atoms with Crippen LogP contribution in [0.4, 0.5) is 0 Å². The summed E-state index contributed by atoms with van der Waals surface area (Å²) in [5, 5.41) is 7.16. The molecule has 6 heteroatoms. The van der Waals surface area contributed by atoms with Crippen LogP contribution in [0.15, 0.2) is 0 Å². The van der Waals surface area contributed by atoms with Gasteiger partial charge in [0.15, 0.2) is 5.11 Å². The molecule has 4 fully saturated rings. The Hall–Kier alpha value is -1.17. The Balaban J connectivity index is 1.56. The van der Waals surface area contributed by atoms with Crippen LogP contribution in [0.25, 0.3) is 0 Å². The minimum atomic E-state index is -0.00982. The van der Waals surface area contributed by atoms with Gasteiger partial charge in [-0.2, -0.15) is 0 Å². The van der Waals surface area contributed by atoms with Crippen molar-refractivity contribution in [3.63, 3.8) is 0 Å². The Morgan fingerprint density at radius 2 is 1.79 bits per heavy atom. The molecule has 186 valence electrons. The number of hydrogen-bond acceptors (Lipinski definition) is 3. The lowest BCUT2D eigenvalue weighted by atomic mass is 9.47. The third-order valence-electron chi connectivity index (χ3n) is 9.86. The smallest absolute Gasteiger partial charge is 0.232 e. The Labute approximate surface area is 206 Å². The van der Waals surface area contributed by atoms with Gasteiger partial charge in [-0.3, -0.25) is 14.5 Å². The van der Waals surface area contributed by atoms with Crippen molar-refractivity contribution < 1.29 is 9.59 Å². The molecule has 1 saturated heterocycles. The van der Waals surface area contributed by atoms with E-state index in [0.717, 1.165) is 38.6 Å². The van der Waals surface area contributed by atoms with Crippen molar-refractivity contribution in [1.29, 1.82) is 0 Å². The molecule has 2 amide bonds. The molecule has 4 rings (SSSR count). The van der Waals surface area contributed by atoms with Crippen LogP contribution in [-0.2, 0) is 9.59 Å². The lowest BCUT2D eigenvalue weighted by molar-refractivity contribution is -0.145. The second-order valence-electron chi connectivity index (χ2n) is 13.1. The first kappa shape index (κ1) is 24.9. The van der Waals surface area contributed by atoms with Crippen molar-refractivity contribution in [2.24, 2.45) is 39.9 Å². The Morgan fingerprint density at radius 1 is 1.09 bits per heavy atom. The zero-order chi connectivity index (χ0) is 24.2. The van der Waals surface area contributed by atoms with E-state index in [9.17, 15) is 9.59 Å². The van der Waals surface area contributed by atoms with Gasteiger partial charge in [0.25, 0.3) is 0 Å². The first-order chi connectivity index (χ1) is 15.4. The van der Waals surface area contributed by atoms with Gasteiger partial charge in [-0.15, -0.1) is 0 Å². The number of carbonyl (C=O) groups is 2. The minimum absolute atomic E-state index is 0.00982. The minimum Gasteiger partial charge on any atom is -0.362 e. The highest BCUT2D eigenvalue weighted by Crippen LogP contribution is 2.65. The molecule has 1 aliphatic heterocycles. The molecule has 0 spiro atoms. The molecule has 0 bridgehead atoms. The van der Waals surface area contributed by atoms with Crippen molar-refractivity contribution in [3.05, 3.63) is 0 Å². The van der Waals surface area contributed by atoms with E-state index >= 15 is 0 Å². The molecule has 0 radical (unpaired) electrons. The fraction of sp³-hybridized carbons (Fsp3) is 0.889. The average Bonchev–Trinajstić information content (AvgIpc) is 3.09. The van der Waals surface area contributed by atoms with E-state index in [1.807, 2.05) is 11.8 Å². The number of carbonyl (C=O) groups excluding carboxylic acids is 2. The first-order valence-corrected chi connectivity index (χ1v) is 13.7. The average molecular weight is 476 g/mol. The molecule has 2 N–H and O–H groups in total. The molecule has 0 unspecified atom stereocenters. The van der Waals surface area contributed by atoms with Gasteiger partial charge in [0.1, 0.15) is 0 Å². The summed E-state index contributed by atoms with van der Waals surface area (Å²) in [7, 11) is 0. The zero-order valence-corrected chi connectivity index (χ0v) is 22.4. The number of hydrogen-bond donors (Lipinski definition) is 2. The summed E-state index contributed by atoms with van der Waals surface area (Å²) in [5.41, 5.74) is 0.257. The topological polar surface area (TPSA) is 61.4 Å². The maximum absolute atomic E-state index is 14.0. The lowest BCUT2D eigenvalue weighted by Gasteiger charge is -2.60. The fourth-order valence-corrected chi connectivity index (χ4v) is 8.57. The number of fused-ring (bicyclic) bond motifs is 5. The van der Waals surface area contributed by atoms with Gasteiger partial charge < -0.3 is 10.6 Å². The molecule has 3 aliphatic carbocycles. The number of thiocarbonyl (C=S) groups is 1. The van der Waals surface area contributed by atoms with E-state index in [0.29, 0.717) is 41.9 Å². The van der Waals surface area contributed by atoms with Crippen molar-refractivity contribution in [2.75, 3.05) is 13.1 Å². The monoisotopic (exact) mass is 475 g/mol. The van der Waals surface area contributed by atoms with Crippen LogP contribution < -0.4 is 10.6 Å². The van der Waals surface area contributed by atoms with Gasteiger partial charge in [-0.1, -0.05) is 34.6 Å². The van der Waals surface area contributed by atoms with Gasteiger partial charge in [-0.05, 0) is 98.1 Å². The van der Waals surface area contributed by atoms with E-state index in [2.05, 4.69) is 45.3 Å². The summed E-state index contributed by atoms with van der Waals surface area (Å²) in [6.45, 7) is 14.8.